The highest BCUT2D eigenvalue weighted by Gasteiger charge is 2.36. The molecule has 0 aliphatic heterocycles. The second-order valence-electron chi connectivity index (χ2n) is 15.7. The highest BCUT2D eigenvalue weighted by Crippen LogP contribution is 2.52. The van der Waals surface area contributed by atoms with Gasteiger partial charge in [0.1, 0.15) is 11.2 Å². The number of rotatable bonds is 6. The predicted molar refractivity (Wildman–Crippen MR) is 240 cm³/mol. The van der Waals surface area contributed by atoms with Gasteiger partial charge in [0.05, 0.1) is 11.1 Å². The summed E-state index contributed by atoms with van der Waals surface area (Å²) in [6.07, 6.45) is 0. The number of fused-ring (bicyclic) bond motifs is 8. The third-order valence-corrected chi connectivity index (χ3v) is 12.1. The number of furan rings is 1. The van der Waals surface area contributed by atoms with Crippen LogP contribution in [0.1, 0.15) is 25.0 Å². The van der Waals surface area contributed by atoms with E-state index >= 15 is 0 Å². The lowest BCUT2D eigenvalue weighted by molar-refractivity contribution is 0.660. The summed E-state index contributed by atoms with van der Waals surface area (Å²) in [6.45, 7) is 4.70. The van der Waals surface area contributed by atoms with Crippen molar-refractivity contribution in [1.82, 2.24) is 0 Å². The summed E-state index contributed by atoms with van der Waals surface area (Å²) in [5.74, 6) is 0. The zero-order valence-corrected chi connectivity index (χ0v) is 31.9. The number of nitrogens with zero attached hydrogens (tertiary/aromatic N) is 1. The monoisotopic (exact) mass is 729 g/mol. The van der Waals surface area contributed by atoms with Crippen LogP contribution in [-0.2, 0) is 5.41 Å². The lowest BCUT2D eigenvalue weighted by atomic mass is 9.82. The molecule has 2 heteroatoms. The number of anilines is 3. The van der Waals surface area contributed by atoms with Gasteiger partial charge in [0.2, 0.25) is 0 Å². The molecule has 0 fully saturated rings. The van der Waals surface area contributed by atoms with Crippen molar-refractivity contribution in [3.63, 3.8) is 0 Å². The first-order valence-corrected chi connectivity index (χ1v) is 19.8. The second kappa shape index (κ2) is 13.0. The largest absolute Gasteiger partial charge is 0.455 e. The number of hydrogen-bond donors (Lipinski definition) is 0. The molecule has 1 heterocycles. The third kappa shape index (κ3) is 5.33. The zero-order chi connectivity index (χ0) is 38.1. The van der Waals surface area contributed by atoms with E-state index in [4.69, 9.17) is 4.42 Å². The smallest absolute Gasteiger partial charge is 0.143 e. The quantitative estimate of drug-likeness (QED) is 0.169. The van der Waals surface area contributed by atoms with Crippen molar-refractivity contribution in [1.29, 1.82) is 0 Å². The standard InChI is InChI=1S/C55H39NO/c1-55(2)49-24-12-11-22-44(49)45-32-31-42(34-50(45)55)56(41-29-27-38(28-30-41)36-15-5-3-6-16-36)51-25-14-26-52-53(51)48-35-47(43-21-9-10-23-46(43)54(48)57-52)40-20-13-19-39(33-40)37-17-7-4-8-18-37/h3-35H,1-2H3. The second-order valence-corrected chi connectivity index (χ2v) is 15.7. The number of hydrogen-bond acceptors (Lipinski definition) is 2. The average molecular weight is 730 g/mol. The van der Waals surface area contributed by atoms with Crippen LogP contribution in [0.5, 0.6) is 0 Å². The van der Waals surface area contributed by atoms with E-state index in [2.05, 4.69) is 219 Å². The molecular weight excluding hydrogens is 691 g/mol. The molecule has 0 saturated carbocycles. The van der Waals surface area contributed by atoms with Gasteiger partial charge in [-0.15, -0.1) is 0 Å². The Labute approximate surface area is 332 Å². The van der Waals surface area contributed by atoms with Crippen molar-refractivity contribution in [2.45, 2.75) is 19.3 Å². The minimum atomic E-state index is -0.138. The predicted octanol–water partition coefficient (Wildman–Crippen LogP) is 15.5. The molecule has 9 aromatic carbocycles. The minimum Gasteiger partial charge on any atom is -0.455 e. The van der Waals surface area contributed by atoms with Gasteiger partial charge in [-0.25, -0.2) is 0 Å². The van der Waals surface area contributed by atoms with Crippen molar-refractivity contribution in [2.75, 3.05) is 4.90 Å². The lowest BCUT2D eigenvalue weighted by Crippen LogP contribution is -2.16. The molecular formula is C55H39NO. The maximum absolute atomic E-state index is 6.91. The highest BCUT2D eigenvalue weighted by atomic mass is 16.3. The summed E-state index contributed by atoms with van der Waals surface area (Å²) in [5.41, 5.74) is 17.4. The molecule has 10 aromatic rings. The fourth-order valence-electron chi connectivity index (χ4n) is 9.24. The van der Waals surface area contributed by atoms with Crippen molar-refractivity contribution in [2.24, 2.45) is 0 Å². The molecule has 1 aliphatic rings. The van der Waals surface area contributed by atoms with E-state index in [-0.39, 0.29) is 5.41 Å². The van der Waals surface area contributed by atoms with Crippen LogP contribution in [0.3, 0.4) is 0 Å². The topological polar surface area (TPSA) is 16.4 Å². The molecule has 0 N–H and O–H groups in total. The first kappa shape index (κ1) is 33.2. The Bertz CT molecular complexity index is 3140. The maximum Gasteiger partial charge on any atom is 0.143 e. The highest BCUT2D eigenvalue weighted by molar-refractivity contribution is 6.22. The molecule has 0 unspecified atom stereocenters. The third-order valence-electron chi connectivity index (χ3n) is 12.1. The fraction of sp³-hybridized carbons (Fsp3) is 0.0545. The van der Waals surface area contributed by atoms with Crippen LogP contribution in [0.2, 0.25) is 0 Å². The van der Waals surface area contributed by atoms with Crippen LogP contribution in [-0.4, -0.2) is 0 Å². The molecule has 270 valence electrons. The van der Waals surface area contributed by atoms with Gasteiger partial charge < -0.3 is 9.32 Å². The molecule has 0 radical (unpaired) electrons. The van der Waals surface area contributed by atoms with Crippen molar-refractivity contribution < 1.29 is 4.42 Å². The van der Waals surface area contributed by atoms with Gasteiger partial charge in [-0.3, -0.25) is 0 Å². The molecule has 2 nitrogen and oxygen atoms in total. The molecule has 0 bridgehead atoms. The van der Waals surface area contributed by atoms with Gasteiger partial charge in [-0.2, -0.15) is 0 Å². The SMILES string of the molecule is CC1(C)c2ccccc2-c2ccc(N(c3ccc(-c4ccccc4)cc3)c3cccc4oc5c6ccccc6c(-c6cccc(-c7ccccc7)c6)cc5c34)cc21. The minimum absolute atomic E-state index is 0.138. The Morgan fingerprint density at radius 3 is 1.77 bits per heavy atom. The summed E-state index contributed by atoms with van der Waals surface area (Å²) in [4.78, 5) is 2.43. The van der Waals surface area contributed by atoms with E-state index in [0.717, 1.165) is 44.4 Å². The van der Waals surface area contributed by atoms with Crippen molar-refractivity contribution in [3.8, 4) is 44.5 Å². The van der Waals surface area contributed by atoms with Crippen molar-refractivity contribution >= 4 is 49.8 Å². The van der Waals surface area contributed by atoms with Gasteiger partial charge in [-0.1, -0.05) is 166 Å². The molecule has 0 atom stereocenters. The average Bonchev–Trinajstić information content (AvgIpc) is 3.77. The Balaban J connectivity index is 1.16. The molecule has 0 spiro atoms. The zero-order valence-electron chi connectivity index (χ0n) is 31.9. The summed E-state index contributed by atoms with van der Waals surface area (Å²) in [6, 6.07) is 72.5. The summed E-state index contributed by atoms with van der Waals surface area (Å²) < 4.78 is 6.91. The molecule has 0 saturated heterocycles. The van der Waals surface area contributed by atoms with Crippen LogP contribution in [0.15, 0.2) is 205 Å². The molecule has 1 aromatic heterocycles. The number of benzene rings is 9. The fourth-order valence-corrected chi connectivity index (χ4v) is 9.24. The Morgan fingerprint density at radius 2 is 0.982 bits per heavy atom. The summed E-state index contributed by atoms with van der Waals surface area (Å²) in [7, 11) is 0. The molecule has 0 amide bonds. The van der Waals surface area contributed by atoms with Crippen LogP contribution in [0, 0.1) is 0 Å². The normalized spacial score (nSPS) is 12.9. The lowest BCUT2D eigenvalue weighted by Gasteiger charge is -2.29. The van der Waals surface area contributed by atoms with Crippen LogP contribution < -0.4 is 4.90 Å². The van der Waals surface area contributed by atoms with Crippen molar-refractivity contribution in [3.05, 3.63) is 211 Å². The first-order chi connectivity index (χ1) is 28.0. The first-order valence-electron chi connectivity index (χ1n) is 19.8. The van der Waals surface area contributed by atoms with E-state index in [1.807, 2.05) is 0 Å². The molecule has 1 aliphatic carbocycles. The van der Waals surface area contributed by atoms with Crippen LogP contribution in [0.25, 0.3) is 77.2 Å². The van der Waals surface area contributed by atoms with E-state index in [9.17, 15) is 0 Å². The Morgan fingerprint density at radius 1 is 0.386 bits per heavy atom. The summed E-state index contributed by atoms with van der Waals surface area (Å²) >= 11 is 0. The molecule has 57 heavy (non-hydrogen) atoms. The maximum atomic E-state index is 6.91. The van der Waals surface area contributed by atoms with Gasteiger partial charge >= 0.3 is 0 Å². The van der Waals surface area contributed by atoms with Gasteiger partial charge in [0, 0.05) is 27.6 Å². The van der Waals surface area contributed by atoms with Gasteiger partial charge in [0.15, 0.2) is 0 Å². The van der Waals surface area contributed by atoms with Gasteiger partial charge in [-0.05, 0) is 110 Å². The van der Waals surface area contributed by atoms with E-state index < -0.39 is 0 Å². The Kier molecular flexibility index (Phi) is 7.55. The van der Waals surface area contributed by atoms with E-state index in [0.29, 0.717) is 0 Å². The van der Waals surface area contributed by atoms with E-state index in [1.54, 1.807) is 0 Å². The summed E-state index contributed by atoms with van der Waals surface area (Å²) in [5, 5.41) is 4.46. The van der Waals surface area contributed by atoms with Crippen LogP contribution in [0.4, 0.5) is 17.1 Å². The Hall–Kier alpha value is -7.16. The van der Waals surface area contributed by atoms with E-state index in [1.165, 1.54) is 61.0 Å². The van der Waals surface area contributed by atoms with Gasteiger partial charge in [0.25, 0.3) is 0 Å². The van der Waals surface area contributed by atoms with Crippen LogP contribution >= 0.6 is 0 Å². The molecule has 11 rings (SSSR count).